The Kier molecular flexibility index (Phi) is 6.29. The highest BCUT2D eigenvalue weighted by molar-refractivity contribution is 6.33. The third-order valence-electron chi connectivity index (χ3n) is 6.78. The van der Waals surface area contributed by atoms with Crippen LogP contribution in [0.1, 0.15) is 26.0 Å². The summed E-state index contributed by atoms with van der Waals surface area (Å²) in [4.78, 5) is 35.1. The minimum atomic E-state index is -0.631. The van der Waals surface area contributed by atoms with Crippen molar-refractivity contribution < 1.29 is 19.0 Å². The van der Waals surface area contributed by atoms with Crippen molar-refractivity contribution in [3.05, 3.63) is 47.5 Å². The van der Waals surface area contributed by atoms with E-state index in [0.717, 1.165) is 29.9 Å². The van der Waals surface area contributed by atoms with Crippen LogP contribution >= 0.6 is 11.6 Å². The first kappa shape index (κ1) is 24.8. The van der Waals surface area contributed by atoms with Gasteiger partial charge in [-0.2, -0.15) is 0 Å². The molecule has 3 aliphatic heterocycles. The number of hydrogen-bond acceptors (Lipinski definition) is 9. The number of aryl methyl sites for hydroxylation is 1. The Balaban J connectivity index is 1.23. The van der Waals surface area contributed by atoms with Gasteiger partial charge in [0.2, 0.25) is 5.88 Å². The number of amides is 2. The molecule has 0 aliphatic carbocycles. The predicted octanol–water partition coefficient (Wildman–Crippen LogP) is 4.06. The van der Waals surface area contributed by atoms with Crippen molar-refractivity contribution in [2.45, 2.75) is 45.1 Å². The van der Waals surface area contributed by atoms with Gasteiger partial charge in [-0.3, -0.25) is 15.2 Å². The number of nitrogens with one attached hydrogen (secondary N) is 1. The molecule has 0 unspecified atom stereocenters. The molecule has 38 heavy (non-hydrogen) atoms. The lowest BCUT2D eigenvalue weighted by Gasteiger charge is -2.36. The molecule has 0 aromatic carbocycles. The number of carbonyl (C=O) groups excluding carboxylic acids is 1. The standard InChI is InChI=1S/C26H28ClN7O4/c1-15-8-16(4-6-28-15)23-19(27)9-20-24(32-23)34(17-5-7-33(20)11-17)25(35)31-21-10-22(30-14-29-21)36-12-18-13-37-26(2,3)38-18/h4,6,8-10,14,17-18H,5,7,11-13H2,1-3H3,(H,29,30,31,35)/t17-,18+/m0/s1. The van der Waals surface area contributed by atoms with E-state index in [-0.39, 0.29) is 24.8 Å². The molecule has 2 amide bonds. The van der Waals surface area contributed by atoms with Gasteiger partial charge in [0, 0.05) is 36.6 Å². The first-order valence-electron chi connectivity index (χ1n) is 12.5. The Bertz CT molecular complexity index is 1390. The zero-order chi connectivity index (χ0) is 26.4. The molecular formula is C26H28ClN7O4. The van der Waals surface area contributed by atoms with Gasteiger partial charge >= 0.3 is 6.03 Å². The van der Waals surface area contributed by atoms with Gasteiger partial charge in [0.25, 0.3) is 0 Å². The third-order valence-corrected chi connectivity index (χ3v) is 7.07. The SMILES string of the molecule is Cc1cc(-c2nc3c(cc2Cl)N2CC[C@@H](C2)N3C(=O)Nc2cc(OC[C@@H]3COC(C)(C)O3)ncn2)ccn1. The minimum Gasteiger partial charge on any atom is -0.475 e. The molecule has 6 rings (SSSR count). The van der Waals surface area contributed by atoms with E-state index in [4.69, 9.17) is 30.8 Å². The number of urea groups is 1. The van der Waals surface area contributed by atoms with E-state index in [9.17, 15) is 4.79 Å². The summed E-state index contributed by atoms with van der Waals surface area (Å²) in [6, 6.07) is 6.91. The highest BCUT2D eigenvalue weighted by Gasteiger charge is 2.41. The molecule has 12 heteroatoms. The lowest BCUT2D eigenvalue weighted by Crippen LogP contribution is -2.48. The molecule has 2 saturated heterocycles. The van der Waals surface area contributed by atoms with Gasteiger partial charge in [0.15, 0.2) is 11.6 Å². The molecule has 2 fully saturated rings. The van der Waals surface area contributed by atoms with E-state index in [1.807, 2.05) is 39.0 Å². The summed E-state index contributed by atoms with van der Waals surface area (Å²) in [6.07, 6.45) is 3.69. The number of pyridine rings is 2. The Morgan fingerprint density at radius 1 is 1.26 bits per heavy atom. The summed E-state index contributed by atoms with van der Waals surface area (Å²) in [7, 11) is 0. The van der Waals surface area contributed by atoms with Crippen LogP contribution in [0.4, 0.5) is 22.1 Å². The Labute approximate surface area is 225 Å². The van der Waals surface area contributed by atoms with Crippen molar-refractivity contribution in [3.63, 3.8) is 0 Å². The molecule has 3 aliphatic rings. The number of fused-ring (bicyclic) bond motifs is 4. The van der Waals surface area contributed by atoms with Crippen molar-refractivity contribution in [1.82, 2.24) is 19.9 Å². The largest absolute Gasteiger partial charge is 0.475 e. The number of anilines is 3. The van der Waals surface area contributed by atoms with Gasteiger partial charge < -0.3 is 19.1 Å². The van der Waals surface area contributed by atoms with Crippen LogP contribution in [0, 0.1) is 6.92 Å². The van der Waals surface area contributed by atoms with Crippen LogP contribution in [-0.2, 0) is 9.47 Å². The van der Waals surface area contributed by atoms with Crippen LogP contribution in [0.15, 0.2) is 36.8 Å². The molecule has 2 atom stereocenters. The van der Waals surface area contributed by atoms with Crippen LogP contribution in [0.5, 0.6) is 5.88 Å². The Morgan fingerprint density at radius 3 is 2.92 bits per heavy atom. The van der Waals surface area contributed by atoms with Crippen molar-refractivity contribution in [3.8, 4) is 17.1 Å². The molecule has 2 bridgehead atoms. The van der Waals surface area contributed by atoms with Gasteiger partial charge in [0.05, 0.1) is 29.1 Å². The second-order valence-corrected chi connectivity index (χ2v) is 10.4. The van der Waals surface area contributed by atoms with Gasteiger partial charge in [-0.25, -0.2) is 19.7 Å². The molecule has 0 saturated carbocycles. The summed E-state index contributed by atoms with van der Waals surface area (Å²) in [6.45, 7) is 7.87. The van der Waals surface area contributed by atoms with Crippen LogP contribution in [0.3, 0.4) is 0 Å². The summed E-state index contributed by atoms with van der Waals surface area (Å²) in [5.74, 6) is 0.588. The molecule has 11 nitrogen and oxygen atoms in total. The molecule has 3 aromatic rings. The Morgan fingerprint density at radius 2 is 2.13 bits per heavy atom. The third kappa shape index (κ3) is 4.84. The number of ether oxygens (including phenoxy) is 3. The highest BCUT2D eigenvalue weighted by Crippen LogP contribution is 2.43. The fourth-order valence-corrected chi connectivity index (χ4v) is 5.32. The van der Waals surface area contributed by atoms with E-state index >= 15 is 0 Å². The molecule has 3 aromatic heterocycles. The quantitative estimate of drug-likeness (QED) is 0.514. The normalized spacial score (nSPS) is 21.4. The van der Waals surface area contributed by atoms with E-state index in [2.05, 4.69) is 25.2 Å². The number of aromatic nitrogens is 4. The smallest absolute Gasteiger partial charge is 0.329 e. The van der Waals surface area contributed by atoms with E-state index in [0.29, 0.717) is 41.4 Å². The van der Waals surface area contributed by atoms with E-state index in [1.165, 1.54) is 6.33 Å². The van der Waals surface area contributed by atoms with Crippen molar-refractivity contribution in [1.29, 1.82) is 0 Å². The highest BCUT2D eigenvalue weighted by atomic mass is 35.5. The average Bonchev–Trinajstić information content (AvgIpc) is 3.46. The van der Waals surface area contributed by atoms with Gasteiger partial charge in [-0.1, -0.05) is 11.6 Å². The zero-order valence-corrected chi connectivity index (χ0v) is 22.1. The second kappa shape index (κ2) is 9.64. The number of carbonyl (C=O) groups is 1. The first-order chi connectivity index (χ1) is 18.3. The zero-order valence-electron chi connectivity index (χ0n) is 21.3. The summed E-state index contributed by atoms with van der Waals surface area (Å²) < 4.78 is 17.1. The number of hydrogen-bond donors (Lipinski definition) is 1. The predicted molar refractivity (Wildman–Crippen MR) is 142 cm³/mol. The van der Waals surface area contributed by atoms with E-state index in [1.54, 1.807) is 17.2 Å². The lowest BCUT2D eigenvalue weighted by molar-refractivity contribution is -0.141. The molecular weight excluding hydrogens is 510 g/mol. The first-order valence-corrected chi connectivity index (χ1v) is 12.9. The van der Waals surface area contributed by atoms with Crippen LogP contribution in [0.2, 0.25) is 5.02 Å². The average molecular weight is 538 g/mol. The van der Waals surface area contributed by atoms with Gasteiger partial charge in [-0.15, -0.1) is 0 Å². The molecule has 0 radical (unpaired) electrons. The maximum atomic E-state index is 13.6. The fraction of sp³-hybridized carbons (Fsp3) is 0.423. The summed E-state index contributed by atoms with van der Waals surface area (Å²) in [5.41, 5.74) is 3.14. The van der Waals surface area contributed by atoms with Crippen LogP contribution in [0.25, 0.3) is 11.3 Å². The molecule has 198 valence electrons. The van der Waals surface area contributed by atoms with Crippen molar-refractivity contribution in [2.75, 3.05) is 41.4 Å². The van der Waals surface area contributed by atoms with Crippen LogP contribution < -0.4 is 19.9 Å². The monoisotopic (exact) mass is 537 g/mol. The van der Waals surface area contributed by atoms with Crippen LogP contribution in [-0.4, -0.2) is 70.2 Å². The summed E-state index contributed by atoms with van der Waals surface area (Å²) in [5, 5.41) is 3.42. The molecule has 6 heterocycles. The van der Waals surface area contributed by atoms with E-state index < -0.39 is 5.79 Å². The Hall–Kier alpha value is -3.54. The lowest BCUT2D eigenvalue weighted by atomic mass is 10.1. The maximum absolute atomic E-state index is 13.6. The van der Waals surface area contributed by atoms with Gasteiger partial charge in [0.1, 0.15) is 24.9 Å². The maximum Gasteiger partial charge on any atom is 0.329 e. The van der Waals surface area contributed by atoms with Crippen molar-refractivity contribution in [2.24, 2.45) is 0 Å². The fourth-order valence-electron chi connectivity index (χ4n) is 5.06. The number of halogens is 1. The van der Waals surface area contributed by atoms with Crippen molar-refractivity contribution >= 4 is 35.0 Å². The number of nitrogens with zero attached hydrogens (tertiary/aromatic N) is 6. The van der Waals surface area contributed by atoms with Gasteiger partial charge in [-0.05, 0) is 45.4 Å². The summed E-state index contributed by atoms with van der Waals surface area (Å²) >= 11 is 6.67. The molecule has 1 N–H and O–H groups in total. The number of rotatable bonds is 5. The minimum absolute atomic E-state index is 0.0244. The second-order valence-electron chi connectivity index (χ2n) is 10.0. The molecule has 0 spiro atoms. The topological polar surface area (TPSA) is 115 Å².